The van der Waals surface area contributed by atoms with E-state index in [1.807, 2.05) is 29.2 Å². The molecule has 0 unspecified atom stereocenters. The van der Waals surface area contributed by atoms with Gasteiger partial charge in [0.1, 0.15) is 6.04 Å². The van der Waals surface area contributed by atoms with E-state index >= 15 is 0 Å². The molecule has 1 N–H and O–H groups in total. The molecule has 1 atom stereocenters. The molecule has 25 heavy (non-hydrogen) atoms. The third kappa shape index (κ3) is 4.00. The van der Waals surface area contributed by atoms with E-state index in [2.05, 4.69) is 5.32 Å². The largest absolute Gasteiger partial charge is 0.468 e. The molecule has 130 valence electrons. The summed E-state index contributed by atoms with van der Waals surface area (Å²) in [6.45, 7) is 0.602. The molecular formula is C19H19ClN2O3. The number of benzene rings is 2. The van der Waals surface area contributed by atoms with Crippen molar-refractivity contribution in [3.63, 3.8) is 0 Å². The minimum absolute atomic E-state index is 0.0827. The van der Waals surface area contributed by atoms with Crippen molar-refractivity contribution in [2.24, 2.45) is 0 Å². The molecule has 6 heteroatoms. The summed E-state index contributed by atoms with van der Waals surface area (Å²) < 4.78 is 4.92. The molecule has 2 aromatic carbocycles. The van der Waals surface area contributed by atoms with Gasteiger partial charge in [-0.05, 0) is 29.7 Å². The molecule has 1 amide bonds. The molecule has 0 radical (unpaired) electrons. The van der Waals surface area contributed by atoms with Crippen LogP contribution in [-0.4, -0.2) is 36.5 Å². The fourth-order valence-corrected chi connectivity index (χ4v) is 3.23. The van der Waals surface area contributed by atoms with E-state index in [9.17, 15) is 9.59 Å². The second kappa shape index (κ2) is 7.68. The van der Waals surface area contributed by atoms with Crippen molar-refractivity contribution in [3.8, 4) is 0 Å². The Morgan fingerprint density at radius 3 is 2.56 bits per heavy atom. The molecule has 5 nitrogen and oxygen atoms in total. The summed E-state index contributed by atoms with van der Waals surface area (Å²) in [5.41, 5.74) is 2.79. The quantitative estimate of drug-likeness (QED) is 0.854. The molecule has 3 rings (SSSR count). The summed E-state index contributed by atoms with van der Waals surface area (Å²) in [7, 11) is 1.37. The van der Waals surface area contributed by atoms with Gasteiger partial charge in [-0.15, -0.1) is 0 Å². The first-order valence-electron chi connectivity index (χ1n) is 8.01. The highest BCUT2D eigenvalue weighted by atomic mass is 35.5. The lowest BCUT2D eigenvalue weighted by molar-refractivity contribution is -0.148. The Morgan fingerprint density at radius 2 is 1.84 bits per heavy atom. The van der Waals surface area contributed by atoms with E-state index in [1.54, 1.807) is 24.3 Å². The Balaban J connectivity index is 1.75. The van der Waals surface area contributed by atoms with Crippen LogP contribution < -0.4 is 5.32 Å². The van der Waals surface area contributed by atoms with Gasteiger partial charge < -0.3 is 10.1 Å². The van der Waals surface area contributed by atoms with Gasteiger partial charge in [0.15, 0.2) is 0 Å². The zero-order valence-corrected chi connectivity index (χ0v) is 14.6. The maximum Gasteiger partial charge on any atom is 0.323 e. The van der Waals surface area contributed by atoms with Crippen LogP contribution in [0.25, 0.3) is 0 Å². The zero-order chi connectivity index (χ0) is 17.8. The van der Waals surface area contributed by atoms with Gasteiger partial charge >= 0.3 is 5.97 Å². The number of nitrogens with zero attached hydrogens (tertiary/aromatic N) is 1. The van der Waals surface area contributed by atoms with E-state index in [4.69, 9.17) is 16.3 Å². The second-order valence-corrected chi connectivity index (χ2v) is 6.35. The van der Waals surface area contributed by atoms with E-state index < -0.39 is 6.04 Å². The monoisotopic (exact) mass is 358 g/mol. The number of halogens is 1. The first-order chi connectivity index (χ1) is 12.1. The summed E-state index contributed by atoms with van der Waals surface area (Å²) in [6.07, 6.45) is 0.530. The number of hydrogen-bond donors (Lipinski definition) is 1. The molecule has 1 heterocycles. The number of anilines is 1. The van der Waals surface area contributed by atoms with Crippen LogP contribution in [0.2, 0.25) is 5.02 Å². The fourth-order valence-electron chi connectivity index (χ4n) is 3.05. The van der Waals surface area contributed by atoms with Crippen LogP contribution in [0.5, 0.6) is 0 Å². The fraction of sp³-hybridized carbons (Fsp3) is 0.263. The van der Waals surface area contributed by atoms with Crippen molar-refractivity contribution in [1.29, 1.82) is 0 Å². The highest BCUT2D eigenvalue weighted by Crippen LogP contribution is 2.25. The number of ether oxygens (including phenoxy) is 1. The highest BCUT2D eigenvalue weighted by molar-refractivity contribution is 6.33. The number of amides is 1. The van der Waals surface area contributed by atoms with Gasteiger partial charge in [-0.1, -0.05) is 48.0 Å². The lowest BCUT2D eigenvalue weighted by Crippen LogP contribution is -2.49. The van der Waals surface area contributed by atoms with Crippen molar-refractivity contribution >= 4 is 29.2 Å². The van der Waals surface area contributed by atoms with Crippen LogP contribution in [-0.2, 0) is 27.3 Å². The number of carbonyl (C=O) groups excluding carboxylic acids is 2. The maximum absolute atomic E-state index is 12.4. The van der Waals surface area contributed by atoms with Gasteiger partial charge in [-0.25, -0.2) is 0 Å². The minimum Gasteiger partial charge on any atom is -0.468 e. The number of esters is 1. The molecule has 0 fully saturated rings. The number of para-hydroxylation sites is 1. The van der Waals surface area contributed by atoms with Crippen LogP contribution in [0, 0.1) is 0 Å². The normalized spacial score (nSPS) is 16.8. The van der Waals surface area contributed by atoms with Crippen molar-refractivity contribution in [2.75, 3.05) is 19.0 Å². The molecule has 0 saturated carbocycles. The van der Waals surface area contributed by atoms with Crippen molar-refractivity contribution in [1.82, 2.24) is 4.90 Å². The third-order valence-electron chi connectivity index (χ3n) is 4.31. The van der Waals surface area contributed by atoms with Crippen molar-refractivity contribution < 1.29 is 14.3 Å². The average molecular weight is 359 g/mol. The second-order valence-electron chi connectivity index (χ2n) is 5.94. The maximum atomic E-state index is 12.4. The number of methoxy groups -OCH3 is 1. The molecule has 0 spiro atoms. The summed E-state index contributed by atoms with van der Waals surface area (Å²) in [5, 5.41) is 3.27. The van der Waals surface area contributed by atoms with Gasteiger partial charge in [-0.2, -0.15) is 0 Å². The van der Waals surface area contributed by atoms with Crippen LogP contribution in [0.3, 0.4) is 0 Å². The van der Waals surface area contributed by atoms with Gasteiger partial charge in [0.25, 0.3) is 0 Å². The lowest BCUT2D eigenvalue weighted by atomic mass is 9.94. The van der Waals surface area contributed by atoms with Gasteiger partial charge in [0.2, 0.25) is 5.91 Å². The van der Waals surface area contributed by atoms with Gasteiger partial charge in [0, 0.05) is 6.54 Å². The summed E-state index contributed by atoms with van der Waals surface area (Å²) in [6, 6.07) is 14.5. The standard InChI is InChI=1S/C19H19ClN2O3/c1-25-19(24)17-10-13-6-2-3-7-14(13)11-22(17)12-18(23)21-16-9-5-4-8-15(16)20/h2-9,17H,10-12H2,1H3,(H,21,23)/t17-/m1/s1. The molecule has 0 bridgehead atoms. The predicted octanol–water partition coefficient (Wildman–Crippen LogP) is 2.88. The Bertz CT molecular complexity index is 794. The molecule has 0 saturated heterocycles. The number of fused-ring (bicyclic) bond motifs is 1. The molecule has 0 aliphatic carbocycles. The number of carbonyl (C=O) groups is 2. The van der Waals surface area contributed by atoms with Crippen LogP contribution in [0.4, 0.5) is 5.69 Å². The zero-order valence-electron chi connectivity index (χ0n) is 13.9. The van der Waals surface area contributed by atoms with E-state index in [-0.39, 0.29) is 18.4 Å². The number of hydrogen-bond acceptors (Lipinski definition) is 4. The van der Waals surface area contributed by atoms with Crippen LogP contribution in [0.15, 0.2) is 48.5 Å². The molecule has 1 aliphatic rings. The topological polar surface area (TPSA) is 58.6 Å². The van der Waals surface area contributed by atoms with Crippen LogP contribution >= 0.6 is 11.6 Å². The smallest absolute Gasteiger partial charge is 0.323 e. The molecule has 0 aromatic heterocycles. The average Bonchev–Trinajstić information content (AvgIpc) is 2.62. The third-order valence-corrected chi connectivity index (χ3v) is 4.64. The summed E-state index contributed by atoms with van der Waals surface area (Å²) in [5.74, 6) is -0.554. The first kappa shape index (κ1) is 17.5. The minimum atomic E-state index is -0.475. The number of rotatable bonds is 4. The van der Waals surface area contributed by atoms with E-state index in [1.165, 1.54) is 7.11 Å². The lowest BCUT2D eigenvalue weighted by Gasteiger charge is -2.34. The Hall–Kier alpha value is -2.37. The predicted molar refractivity (Wildman–Crippen MR) is 96.4 cm³/mol. The number of nitrogens with one attached hydrogen (secondary N) is 1. The summed E-state index contributed by atoms with van der Waals surface area (Å²) in [4.78, 5) is 26.4. The first-order valence-corrected chi connectivity index (χ1v) is 8.39. The van der Waals surface area contributed by atoms with E-state index in [0.29, 0.717) is 23.7 Å². The van der Waals surface area contributed by atoms with Crippen molar-refractivity contribution in [2.45, 2.75) is 19.0 Å². The molecule has 1 aliphatic heterocycles. The van der Waals surface area contributed by atoms with Crippen LogP contribution in [0.1, 0.15) is 11.1 Å². The summed E-state index contributed by atoms with van der Waals surface area (Å²) >= 11 is 6.08. The Kier molecular flexibility index (Phi) is 5.36. The molecule has 2 aromatic rings. The van der Waals surface area contributed by atoms with Gasteiger partial charge in [-0.3, -0.25) is 14.5 Å². The highest BCUT2D eigenvalue weighted by Gasteiger charge is 2.33. The SMILES string of the molecule is COC(=O)[C@H]1Cc2ccccc2CN1CC(=O)Nc1ccccc1Cl. The van der Waals surface area contributed by atoms with Crippen molar-refractivity contribution in [3.05, 3.63) is 64.7 Å². The molecular weight excluding hydrogens is 340 g/mol. The Morgan fingerprint density at radius 1 is 1.16 bits per heavy atom. The van der Waals surface area contributed by atoms with Gasteiger partial charge in [0.05, 0.1) is 24.4 Å². The van der Waals surface area contributed by atoms with E-state index in [0.717, 1.165) is 11.1 Å². The Labute approximate surface area is 151 Å².